The van der Waals surface area contributed by atoms with Crippen molar-refractivity contribution >= 4 is 5.97 Å². The Kier molecular flexibility index (Phi) is 4.67. The van der Waals surface area contributed by atoms with Gasteiger partial charge in [0.25, 0.3) is 0 Å². The summed E-state index contributed by atoms with van der Waals surface area (Å²) < 4.78 is 5.57. The molecule has 0 aliphatic carbocycles. The fourth-order valence-corrected chi connectivity index (χ4v) is 2.31. The fourth-order valence-electron chi connectivity index (χ4n) is 2.31. The Morgan fingerprint density at radius 2 is 1.45 bits per heavy atom. The molecule has 1 atom stereocenters. The van der Waals surface area contributed by atoms with Crippen molar-refractivity contribution in [1.82, 2.24) is 0 Å². The Morgan fingerprint density at radius 3 is 1.95 bits per heavy atom. The summed E-state index contributed by atoms with van der Waals surface area (Å²) in [7, 11) is 0. The molecule has 0 aliphatic heterocycles. The van der Waals surface area contributed by atoms with Crippen LogP contribution >= 0.6 is 0 Å². The molecule has 0 unspecified atom stereocenters. The summed E-state index contributed by atoms with van der Waals surface area (Å²) in [6.07, 6.45) is 0.396. The number of carbonyl (C=O) groups excluding carboxylic acids is 1. The van der Waals surface area contributed by atoms with Crippen LogP contribution in [0.2, 0.25) is 0 Å². The van der Waals surface area contributed by atoms with Gasteiger partial charge in [0, 0.05) is 6.42 Å². The second-order valence-electron chi connectivity index (χ2n) is 6.50. The molecule has 3 heteroatoms. The van der Waals surface area contributed by atoms with Gasteiger partial charge in [0.1, 0.15) is 11.1 Å². The van der Waals surface area contributed by atoms with Gasteiger partial charge in [0.05, 0.1) is 0 Å². The largest absolute Gasteiger partial charge is 0.458 e. The second-order valence-corrected chi connectivity index (χ2v) is 6.50. The van der Waals surface area contributed by atoms with Gasteiger partial charge < -0.3 is 10.5 Å². The smallest absolute Gasteiger partial charge is 0.331 e. The average Bonchev–Trinajstić information content (AvgIpc) is 2.47. The molecule has 2 aromatic rings. The van der Waals surface area contributed by atoms with Crippen LogP contribution in [-0.4, -0.2) is 11.6 Å². The van der Waals surface area contributed by atoms with Gasteiger partial charge in [-0.05, 0) is 31.9 Å². The van der Waals surface area contributed by atoms with Crippen LogP contribution < -0.4 is 5.73 Å². The van der Waals surface area contributed by atoms with E-state index in [2.05, 4.69) is 0 Å². The first-order chi connectivity index (χ1) is 10.3. The van der Waals surface area contributed by atoms with E-state index < -0.39 is 17.1 Å². The van der Waals surface area contributed by atoms with E-state index >= 15 is 0 Å². The predicted molar refractivity (Wildman–Crippen MR) is 88.3 cm³/mol. The average molecular weight is 297 g/mol. The SMILES string of the molecule is CC(C)(C)OC(=O)[C@@](N)(Cc1ccccc1)c1ccccc1. The zero-order valence-corrected chi connectivity index (χ0v) is 13.4. The molecule has 0 radical (unpaired) electrons. The van der Waals surface area contributed by atoms with Crippen LogP contribution in [0.3, 0.4) is 0 Å². The first-order valence-corrected chi connectivity index (χ1v) is 7.43. The van der Waals surface area contributed by atoms with Gasteiger partial charge in [0.15, 0.2) is 0 Å². The normalized spacial score (nSPS) is 14.2. The third-order valence-electron chi connectivity index (χ3n) is 3.38. The lowest BCUT2D eigenvalue weighted by atomic mass is 9.84. The highest BCUT2D eigenvalue weighted by molar-refractivity contribution is 5.83. The highest BCUT2D eigenvalue weighted by Gasteiger charge is 2.39. The Labute approximate surface area is 132 Å². The number of ether oxygens (including phenoxy) is 1. The molecule has 0 amide bonds. The van der Waals surface area contributed by atoms with E-state index in [9.17, 15) is 4.79 Å². The Hall–Kier alpha value is -2.13. The molecule has 116 valence electrons. The van der Waals surface area contributed by atoms with Crippen molar-refractivity contribution < 1.29 is 9.53 Å². The lowest BCUT2D eigenvalue weighted by Crippen LogP contribution is -2.50. The molecule has 0 bridgehead atoms. The van der Waals surface area contributed by atoms with Crippen molar-refractivity contribution in [3.63, 3.8) is 0 Å². The van der Waals surface area contributed by atoms with E-state index in [1.165, 1.54) is 0 Å². The van der Waals surface area contributed by atoms with Crippen LogP contribution in [0.5, 0.6) is 0 Å². The van der Waals surface area contributed by atoms with E-state index in [-0.39, 0.29) is 0 Å². The number of rotatable bonds is 4. The van der Waals surface area contributed by atoms with E-state index in [1.807, 2.05) is 81.4 Å². The zero-order valence-electron chi connectivity index (χ0n) is 13.4. The van der Waals surface area contributed by atoms with Crippen molar-refractivity contribution in [3.8, 4) is 0 Å². The molecular formula is C19H23NO2. The number of benzene rings is 2. The number of esters is 1. The quantitative estimate of drug-likeness (QED) is 0.880. The monoisotopic (exact) mass is 297 g/mol. The maximum atomic E-state index is 12.7. The summed E-state index contributed by atoms with van der Waals surface area (Å²) in [6, 6.07) is 19.2. The number of hydrogen-bond acceptors (Lipinski definition) is 3. The number of carbonyl (C=O) groups is 1. The van der Waals surface area contributed by atoms with Crippen LogP contribution in [0.25, 0.3) is 0 Å². The third-order valence-corrected chi connectivity index (χ3v) is 3.38. The first-order valence-electron chi connectivity index (χ1n) is 7.43. The molecule has 2 N–H and O–H groups in total. The summed E-state index contributed by atoms with van der Waals surface area (Å²) in [5, 5.41) is 0. The highest BCUT2D eigenvalue weighted by atomic mass is 16.6. The minimum absolute atomic E-state index is 0.396. The molecular weight excluding hydrogens is 274 g/mol. The summed E-state index contributed by atoms with van der Waals surface area (Å²) >= 11 is 0. The second kappa shape index (κ2) is 6.32. The molecule has 3 nitrogen and oxygen atoms in total. The summed E-state index contributed by atoms with van der Waals surface area (Å²) in [5.74, 6) is -0.407. The molecule has 0 aromatic heterocycles. The molecule has 22 heavy (non-hydrogen) atoms. The van der Waals surface area contributed by atoms with Crippen molar-refractivity contribution in [2.75, 3.05) is 0 Å². The van der Waals surface area contributed by atoms with Gasteiger partial charge in [0.2, 0.25) is 0 Å². The van der Waals surface area contributed by atoms with Gasteiger partial charge in [-0.25, -0.2) is 4.79 Å². The molecule has 0 saturated heterocycles. The van der Waals surface area contributed by atoms with E-state index in [0.29, 0.717) is 6.42 Å². The van der Waals surface area contributed by atoms with Crippen LogP contribution in [0.15, 0.2) is 60.7 Å². The minimum atomic E-state index is -1.20. The molecule has 0 spiro atoms. The fraction of sp³-hybridized carbons (Fsp3) is 0.316. The maximum absolute atomic E-state index is 12.7. The Morgan fingerprint density at radius 1 is 0.955 bits per heavy atom. The lowest BCUT2D eigenvalue weighted by Gasteiger charge is -2.32. The van der Waals surface area contributed by atoms with E-state index in [0.717, 1.165) is 11.1 Å². The topological polar surface area (TPSA) is 52.3 Å². The molecule has 0 heterocycles. The van der Waals surface area contributed by atoms with E-state index in [1.54, 1.807) is 0 Å². The summed E-state index contributed by atoms with van der Waals surface area (Å²) in [4.78, 5) is 12.7. The van der Waals surface area contributed by atoms with Gasteiger partial charge in [-0.1, -0.05) is 60.7 Å². The van der Waals surface area contributed by atoms with Gasteiger partial charge in [-0.15, -0.1) is 0 Å². The van der Waals surface area contributed by atoms with Crippen LogP contribution in [0, 0.1) is 0 Å². The van der Waals surface area contributed by atoms with Crippen molar-refractivity contribution in [2.45, 2.75) is 38.3 Å². The molecule has 2 aromatic carbocycles. The van der Waals surface area contributed by atoms with Crippen LogP contribution in [0.4, 0.5) is 0 Å². The predicted octanol–water partition coefficient (Wildman–Crippen LogP) is 3.43. The number of hydrogen-bond donors (Lipinski definition) is 1. The van der Waals surface area contributed by atoms with Gasteiger partial charge in [-0.2, -0.15) is 0 Å². The lowest BCUT2D eigenvalue weighted by molar-refractivity contribution is -0.162. The molecule has 2 rings (SSSR count). The standard InChI is InChI=1S/C19H23NO2/c1-18(2,3)22-17(21)19(20,16-12-8-5-9-13-16)14-15-10-6-4-7-11-15/h4-13H,14,20H2,1-3H3/t19-/m1/s1. The minimum Gasteiger partial charge on any atom is -0.458 e. The number of nitrogens with two attached hydrogens (primary N) is 1. The van der Waals surface area contributed by atoms with Crippen LogP contribution in [-0.2, 0) is 21.5 Å². The summed E-state index contributed by atoms with van der Waals surface area (Å²) in [5.41, 5.74) is 6.51. The summed E-state index contributed by atoms with van der Waals surface area (Å²) in [6.45, 7) is 5.54. The van der Waals surface area contributed by atoms with Gasteiger partial charge in [-0.3, -0.25) is 0 Å². The van der Waals surface area contributed by atoms with Crippen molar-refractivity contribution in [2.24, 2.45) is 5.73 Å². The third kappa shape index (κ3) is 3.95. The van der Waals surface area contributed by atoms with Crippen molar-refractivity contribution in [3.05, 3.63) is 71.8 Å². The first kappa shape index (κ1) is 16.2. The molecule has 0 aliphatic rings. The van der Waals surface area contributed by atoms with Crippen molar-refractivity contribution in [1.29, 1.82) is 0 Å². The zero-order chi connectivity index (χ0) is 16.2. The molecule has 0 fully saturated rings. The molecule has 0 saturated carbocycles. The van der Waals surface area contributed by atoms with E-state index in [4.69, 9.17) is 10.5 Å². The maximum Gasteiger partial charge on any atom is 0.331 e. The Bertz CT molecular complexity index is 617. The highest BCUT2D eigenvalue weighted by Crippen LogP contribution is 2.27. The van der Waals surface area contributed by atoms with Crippen LogP contribution in [0.1, 0.15) is 31.9 Å². The van der Waals surface area contributed by atoms with Gasteiger partial charge >= 0.3 is 5.97 Å². The Balaban J connectivity index is 2.38.